The van der Waals surface area contributed by atoms with Crippen molar-refractivity contribution in [3.63, 3.8) is 0 Å². The van der Waals surface area contributed by atoms with E-state index in [0.717, 1.165) is 31.7 Å². The molecule has 1 aromatic heterocycles. The fourth-order valence-corrected chi connectivity index (χ4v) is 2.43. The molecule has 4 N–H and O–H groups in total. The Morgan fingerprint density at radius 3 is 2.20 bits per heavy atom. The Kier molecular flexibility index (Phi) is 3.19. The molecule has 3 rings (SSSR count). The fraction of sp³-hybridized carbons (Fsp3) is 0.667. The van der Waals surface area contributed by atoms with Gasteiger partial charge in [0.1, 0.15) is 5.82 Å². The van der Waals surface area contributed by atoms with Crippen LogP contribution in [0, 0.1) is 11.8 Å². The van der Waals surface area contributed by atoms with Gasteiger partial charge in [-0.25, -0.2) is 10.8 Å². The maximum atomic E-state index is 12.8. The fourth-order valence-electron chi connectivity index (χ4n) is 2.43. The molecule has 0 saturated heterocycles. The molecule has 0 amide bonds. The number of hydrogen-bond donors (Lipinski definition) is 3. The van der Waals surface area contributed by atoms with Gasteiger partial charge in [-0.3, -0.25) is 5.43 Å². The van der Waals surface area contributed by atoms with Crippen molar-refractivity contribution in [1.29, 1.82) is 0 Å². The maximum Gasteiger partial charge on any atom is 0.433 e. The van der Waals surface area contributed by atoms with Crippen LogP contribution in [0.5, 0.6) is 0 Å². The second-order valence-electron chi connectivity index (χ2n) is 5.45. The normalized spacial score (nSPS) is 19.2. The molecule has 1 aromatic rings. The number of aromatic nitrogens is 2. The summed E-state index contributed by atoms with van der Waals surface area (Å²) in [5, 5.41) is 3.14. The summed E-state index contributed by atoms with van der Waals surface area (Å²) >= 11 is 0. The molecule has 0 aliphatic heterocycles. The maximum absolute atomic E-state index is 12.8. The Hall–Kier alpha value is -1.57. The van der Waals surface area contributed by atoms with Crippen LogP contribution in [0.4, 0.5) is 24.9 Å². The number of nitrogens with one attached hydrogen (secondary N) is 2. The topological polar surface area (TPSA) is 75.9 Å². The molecular weight excluding hydrogens is 271 g/mol. The number of anilines is 2. The van der Waals surface area contributed by atoms with Crippen molar-refractivity contribution in [3.05, 3.63) is 11.8 Å². The minimum Gasteiger partial charge on any atom is -0.367 e. The molecule has 2 fully saturated rings. The predicted molar refractivity (Wildman–Crippen MR) is 67.7 cm³/mol. The summed E-state index contributed by atoms with van der Waals surface area (Å²) in [6, 6.07) is 1.16. The first-order chi connectivity index (χ1) is 9.47. The highest BCUT2D eigenvalue weighted by Crippen LogP contribution is 2.46. The van der Waals surface area contributed by atoms with Gasteiger partial charge >= 0.3 is 6.18 Å². The first-order valence-corrected chi connectivity index (χ1v) is 6.67. The van der Waals surface area contributed by atoms with Crippen molar-refractivity contribution in [1.82, 2.24) is 9.97 Å². The number of nitrogens with two attached hydrogens (primary N) is 1. The van der Waals surface area contributed by atoms with E-state index in [1.165, 1.54) is 0 Å². The standard InChI is InChI=1S/C12H16F3N5/c13-12(14,15)8-5-9(19-11(17-8)20-16)18-10(6-1-2-6)7-3-4-7/h5-7,10H,1-4,16H2,(H2,17,18,19,20). The van der Waals surface area contributed by atoms with Crippen molar-refractivity contribution < 1.29 is 13.2 Å². The molecule has 1 heterocycles. The van der Waals surface area contributed by atoms with Crippen molar-refractivity contribution in [3.8, 4) is 0 Å². The van der Waals surface area contributed by atoms with Crippen molar-refractivity contribution in [2.45, 2.75) is 37.9 Å². The molecule has 0 unspecified atom stereocenters. The lowest BCUT2D eigenvalue weighted by Crippen LogP contribution is -2.26. The van der Waals surface area contributed by atoms with Gasteiger partial charge in [-0.05, 0) is 37.5 Å². The van der Waals surface area contributed by atoms with Gasteiger partial charge in [0.25, 0.3) is 0 Å². The van der Waals surface area contributed by atoms with Crippen molar-refractivity contribution in [2.24, 2.45) is 17.7 Å². The average molecular weight is 287 g/mol. The number of hydrazine groups is 1. The first-order valence-electron chi connectivity index (χ1n) is 6.67. The number of rotatable bonds is 5. The van der Waals surface area contributed by atoms with Crippen LogP contribution in [-0.4, -0.2) is 16.0 Å². The molecule has 2 aliphatic rings. The second-order valence-corrected chi connectivity index (χ2v) is 5.45. The van der Waals surface area contributed by atoms with Gasteiger partial charge in [-0.2, -0.15) is 18.2 Å². The third-order valence-corrected chi connectivity index (χ3v) is 3.72. The highest BCUT2D eigenvalue weighted by molar-refractivity contribution is 5.44. The Morgan fingerprint density at radius 1 is 1.15 bits per heavy atom. The lowest BCUT2D eigenvalue weighted by atomic mass is 10.1. The SMILES string of the molecule is NNc1nc(NC(C2CC2)C2CC2)cc(C(F)(F)F)n1. The van der Waals surface area contributed by atoms with E-state index in [4.69, 9.17) is 5.84 Å². The first kappa shape index (κ1) is 13.4. The van der Waals surface area contributed by atoms with Crippen LogP contribution < -0.4 is 16.6 Å². The van der Waals surface area contributed by atoms with Crippen LogP contribution in [0.3, 0.4) is 0 Å². The van der Waals surface area contributed by atoms with Gasteiger partial charge in [0.2, 0.25) is 5.95 Å². The van der Waals surface area contributed by atoms with E-state index in [1.54, 1.807) is 0 Å². The number of hydrogen-bond acceptors (Lipinski definition) is 5. The molecule has 8 heteroatoms. The number of nitrogen functional groups attached to an aromatic ring is 1. The molecule has 20 heavy (non-hydrogen) atoms. The highest BCUT2D eigenvalue weighted by Gasteiger charge is 2.42. The Labute approximate surface area is 114 Å². The molecule has 0 spiro atoms. The van der Waals surface area contributed by atoms with Crippen LogP contribution >= 0.6 is 0 Å². The lowest BCUT2D eigenvalue weighted by Gasteiger charge is -2.19. The number of nitrogens with zero attached hydrogens (tertiary/aromatic N) is 2. The summed E-state index contributed by atoms with van der Waals surface area (Å²) in [5.41, 5.74) is 1.09. The molecule has 0 radical (unpaired) electrons. The molecule has 2 aliphatic carbocycles. The van der Waals surface area contributed by atoms with Gasteiger partial charge in [0, 0.05) is 12.1 Å². The minimum absolute atomic E-state index is 0.184. The van der Waals surface area contributed by atoms with Gasteiger partial charge in [0.15, 0.2) is 5.69 Å². The summed E-state index contributed by atoms with van der Waals surface area (Å²) in [4.78, 5) is 7.31. The van der Waals surface area contributed by atoms with Crippen LogP contribution in [0.15, 0.2) is 6.07 Å². The van der Waals surface area contributed by atoms with E-state index in [0.29, 0.717) is 11.8 Å². The summed E-state index contributed by atoms with van der Waals surface area (Å²) in [7, 11) is 0. The minimum atomic E-state index is -4.51. The summed E-state index contributed by atoms with van der Waals surface area (Å²) in [6.07, 6.45) is 0.0150. The van der Waals surface area contributed by atoms with Crippen LogP contribution in [-0.2, 0) is 6.18 Å². The van der Waals surface area contributed by atoms with Gasteiger partial charge < -0.3 is 5.32 Å². The average Bonchev–Trinajstić information content (AvgIpc) is 3.27. The zero-order chi connectivity index (χ0) is 14.3. The van der Waals surface area contributed by atoms with Crippen LogP contribution in [0.1, 0.15) is 31.4 Å². The van der Waals surface area contributed by atoms with Crippen molar-refractivity contribution >= 4 is 11.8 Å². The third kappa shape index (κ3) is 2.95. The molecular formula is C12H16F3N5. The lowest BCUT2D eigenvalue weighted by molar-refractivity contribution is -0.141. The molecule has 0 aromatic carbocycles. The van der Waals surface area contributed by atoms with E-state index in [-0.39, 0.29) is 17.8 Å². The Bertz CT molecular complexity index is 484. The molecule has 2 saturated carbocycles. The summed E-state index contributed by atoms with van der Waals surface area (Å²) in [6.45, 7) is 0. The molecule has 0 atom stereocenters. The summed E-state index contributed by atoms with van der Waals surface area (Å²) < 4.78 is 38.3. The predicted octanol–water partition coefficient (Wildman–Crippen LogP) is 2.38. The summed E-state index contributed by atoms with van der Waals surface area (Å²) in [5.74, 6) is 6.20. The largest absolute Gasteiger partial charge is 0.433 e. The highest BCUT2D eigenvalue weighted by atomic mass is 19.4. The van der Waals surface area contributed by atoms with E-state index < -0.39 is 11.9 Å². The van der Waals surface area contributed by atoms with Gasteiger partial charge in [-0.15, -0.1) is 0 Å². The third-order valence-electron chi connectivity index (χ3n) is 3.72. The molecule has 110 valence electrons. The van der Waals surface area contributed by atoms with Gasteiger partial charge in [-0.1, -0.05) is 0 Å². The van der Waals surface area contributed by atoms with Crippen LogP contribution in [0.25, 0.3) is 0 Å². The van der Waals surface area contributed by atoms with E-state index in [2.05, 4.69) is 20.7 Å². The quantitative estimate of drug-likeness (QED) is 0.572. The Morgan fingerprint density at radius 2 is 1.75 bits per heavy atom. The Balaban J connectivity index is 1.83. The zero-order valence-electron chi connectivity index (χ0n) is 10.7. The van der Waals surface area contributed by atoms with E-state index >= 15 is 0 Å². The van der Waals surface area contributed by atoms with Crippen LogP contribution in [0.2, 0.25) is 0 Å². The van der Waals surface area contributed by atoms with Gasteiger partial charge in [0.05, 0.1) is 0 Å². The number of halogens is 3. The molecule has 5 nitrogen and oxygen atoms in total. The molecule has 0 bridgehead atoms. The van der Waals surface area contributed by atoms with E-state index in [9.17, 15) is 13.2 Å². The zero-order valence-corrected chi connectivity index (χ0v) is 10.7. The van der Waals surface area contributed by atoms with E-state index in [1.807, 2.05) is 0 Å². The smallest absolute Gasteiger partial charge is 0.367 e. The monoisotopic (exact) mass is 287 g/mol. The van der Waals surface area contributed by atoms with Crippen molar-refractivity contribution in [2.75, 3.05) is 10.7 Å². The number of alkyl halides is 3. The second kappa shape index (κ2) is 4.76.